The van der Waals surface area contributed by atoms with Crippen LogP contribution in [0.3, 0.4) is 0 Å². The minimum absolute atomic E-state index is 0.367. The Hall–Kier alpha value is -0.960. The predicted octanol–water partition coefficient (Wildman–Crippen LogP) is 4.39. The summed E-state index contributed by atoms with van der Waals surface area (Å²) < 4.78 is 0. The van der Waals surface area contributed by atoms with Crippen LogP contribution in [-0.2, 0) is 0 Å². The topological polar surface area (TPSA) is 12.0 Å². The highest BCUT2D eigenvalue weighted by Gasteiger charge is 2.08. The van der Waals surface area contributed by atoms with Crippen molar-refractivity contribution in [1.29, 1.82) is 0 Å². The molecular formula is C15H16ClNS. The molecule has 0 amide bonds. The van der Waals surface area contributed by atoms with Crippen LogP contribution in [0.25, 0.3) is 0 Å². The lowest BCUT2D eigenvalue weighted by Gasteiger charge is -2.16. The highest BCUT2D eigenvalue weighted by Crippen LogP contribution is 2.25. The number of hydrogen-bond donors (Lipinski definition) is 1. The molecule has 0 bridgehead atoms. The van der Waals surface area contributed by atoms with Crippen molar-refractivity contribution in [2.75, 3.05) is 12.8 Å². The number of rotatable bonds is 5. The van der Waals surface area contributed by atoms with Crippen LogP contribution in [0, 0.1) is 0 Å². The molecule has 18 heavy (non-hydrogen) atoms. The number of hydrogen-bond acceptors (Lipinski definition) is 2. The van der Waals surface area contributed by atoms with Crippen molar-refractivity contribution in [1.82, 2.24) is 5.32 Å². The van der Waals surface area contributed by atoms with Gasteiger partial charge in [0.2, 0.25) is 0 Å². The van der Waals surface area contributed by atoms with E-state index in [1.165, 1.54) is 10.5 Å². The summed E-state index contributed by atoms with van der Waals surface area (Å²) in [6.45, 7) is 0. The van der Waals surface area contributed by atoms with E-state index < -0.39 is 0 Å². The van der Waals surface area contributed by atoms with Gasteiger partial charge in [-0.1, -0.05) is 41.9 Å². The van der Waals surface area contributed by atoms with Crippen LogP contribution in [0.4, 0.5) is 0 Å². The van der Waals surface area contributed by atoms with Crippen LogP contribution < -0.4 is 5.32 Å². The fraction of sp³-hybridized carbons (Fsp3) is 0.200. The van der Waals surface area contributed by atoms with Crippen LogP contribution in [0.2, 0.25) is 5.02 Å². The molecule has 1 N–H and O–H groups in total. The minimum Gasteiger partial charge on any atom is -0.312 e. The second-order valence-corrected chi connectivity index (χ2v) is 5.55. The maximum atomic E-state index is 5.88. The Bertz CT molecular complexity index is 470. The number of halogens is 1. The summed E-state index contributed by atoms with van der Waals surface area (Å²) in [4.78, 5) is 1.25. The van der Waals surface area contributed by atoms with Gasteiger partial charge in [0.1, 0.15) is 0 Å². The van der Waals surface area contributed by atoms with E-state index in [-0.39, 0.29) is 0 Å². The summed E-state index contributed by atoms with van der Waals surface area (Å²) in [6, 6.07) is 18.9. The maximum absolute atomic E-state index is 5.88. The first kappa shape index (κ1) is 13.5. The molecule has 0 aliphatic carbocycles. The van der Waals surface area contributed by atoms with Gasteiger partial charge in [0.05, 0.1) is 0 Å². The van der Waals surface area contributed by atoms with E-state index in [0.29, 0.717) is 6.04 Å². The van der Waals surface area contributed by atoms with E-state index in [4.69, 9.17) is 11.6 Å². The van der Waals surface area contributed by atoms with Crippen molar-refractivity contribution in [3.8, 4) is 0 Å². The summed E-state index contributed by atoms with van der Waals surface area (Å²) in [5.41, 5.74) is 1.32. The molecule has 0 aliphatic rings. The van der Waals surface area contributed by atoms with Gasteiger partial charge in [0.25, 0.3) is 0 Å². The molecule has 0 aromatic heterocycles. The Morgan fingerprint density at radius 1 is 1.06 bits per heavy atom. The van der Waals surface area contributed by atoms with Gasteiger partial charge in [0.15, 0.2) is 0 Å². The third-order valence-electron chi connectivity index (χ3n) is 2.78. The van der Waals surface area contributed by atoms with Crippen LogP contribution in [0.15, 0.2) is 59.5 Å². The highest BCUT2D eigenvalue weighted by atomic mass is 35.5. The number of benzene rings is 2. The second kappa shape index (κ2) is 6.83. The van der Waals surface area contributed by atoms with E-state index in [0.717, 1.165) is 10.8 Å². The van der Waals surface area contributed by atoms with Crippen molar-refractivity contribution < 1.29 is 0 Å². The molecule has 2 aromatic carbocycles. The summed E-state index contributed by atoms with van der Waals surface area (Å²) in [7, 11) is 2.00. The third kappa shape index (κ3) is 3.77. The largest absolute Gasteiger partial charge is 0.312 e. The monoisotopic (exact) mass is 277 g/mol. The Morgan fingerprint density at radius 3 is 2.33 bits per heavy atom. The molecular weight excluding hydrogens is 262 g/mol. The van der Waals surface area contributed by atoms with Crippen LogP contribution >= 0.6 is 23.4 Å². The van der Waals surface area contributed by atoms with Crippen LogP contribution in [-0.4, -0.2) is 12.8 Å². The van der Waals surface area contributed by atoms with Crippen molar-refractivity contribution in [2.24, 2.45) is 0 Å². The molecule has 94 valence electrons. The molecule has 0 aliphatic heterocycles. The lowest BCUT2D eigenvalue weighted by atomic mass is 10.1. The van der Waals surface area contributed by atoms with Gasteiger partial charge in [-0.15, -0.1) is 11.8 Å². The fourth-order valence-electron chi connectivity index (χ4n) is 1.74. The molecule has 1 atom stereocenters. The molecule has 2 rings (SSSR count). The predicted molar refractivity (Wildman–Crippen MR) is 80.4 cm³/mol. The average molecular weight is 278 g/mol. The Morgan fingerprint density at radius 2 is 1.72 bits per heavy atom. The summed E-state index contributed by atoms with van der Waals surface area (Å²) in [5.74, 6) is 1.00. The molecule has 0 spiro atoms. The third-order valence-corrected chi connectivity index (χ3v) is 4.14. The van der Waals surface area contributed by atoms with Gasteiger partial charge < -0.3 is 5.32 Å². The smallest absolute Gasteiger partial charge is 0.0412 e. The van der Waals surface area contributed by atoms with Gasteiger partial charge in [0, 0.05) is 21.7 Å². The number of thioether (sulfide) groups is 1. The zero-order chi connectivity index (χ0) is 12.8. The fourth-order valence-corrected chi connectivity index (χ4v) is 2.91. The molecule has 0 fully saturated rings. The second-order valence-electron chi connectivity index (χ2n) is 4.02. The van der Waals surface area contributed by atoms with E-state index in [1.807, 2.05) is 37.0 Å². The van der Waals surface area contributed by atoms with E-state index in [2.05, 4.69) is 41.7 Å². The van der Waals surface area contributed by atoms with E-state index in [1.54, 1.807) is 0 Å². The first-order valence-corrected chi connectivity index (χ1v) is 7.26. The Labute approximate surface area is 118 Å². The van der Waals surface area contributed by atoms with Gasteiger partial charge in [-0.05, 0) is 36.9 Å². The van der Waals surface area contributed by atoms with E-state index in [9.17, 15) is 0 Å². The molecule has 0 heterocycles. The maximum Gasteiger partial charge on any atom is 0.0412 e. The number of nitrogens with one attached hydrogen (secondary N) is 1. The summed E-state index contributed by atoms with van der Waals surface area (Å²) >= 11 is 7.71. The normalized spacial score (nSPS) is 12.3. The average Bonchev–Trinajstić information content (AvgIpc) is 2.43. The Kier molecular flexibility index (Phi) is 5.12. The molecule has 1 unspecified atom stereocenters. The van der Waals surface area contributed by atoms with Crippen molar-refractivity contribution in [2.45, 2.75) is 10.9 Å². The van der Waals surface area contributed by atoms with Gasteiger partial charge >= 0.3 is 0 Å². The molecule has 0 saturated heterocycles. The van der Waals surface area contributed by atoms with Gasteiger partial charge in [-0.25, -0.2) is 0 Å². The molecule has 1 nitrogen and oxygen atoms in total. The van der Waals surface area contributed by atoms with Gasteiger partial charge in [-0.3, -0.25) is 0 Å². The summed E-state index contributed by atoms with van der Waals surface area (Å²) in [6.07, 6.45) is 0. The quantitative estimate of drug-likeness (QED) is 0.814. The molecule has 0 radical (unpaired) electrons. The first-order chi connectivity index (χ1) is 8.79. The standard InChI is InChI=1S/C15H16ClNS/c1-17-15(12-5-3-2-4-6-12)11-18-14-9-7-13(16)8-10-14/h2-10,15,17H,11H2,1H3. The van der Waals surface area contributed by atoms with Gasteiger partial charge in [-0.2, -0.15) is 0 Å². The molecule has 0 saturated carbocycles. The lowest BCUT2D eigenvalue weighted by molar-refractivity contribution is 0.662. The summed E-state index contributed by atoms with van der Waals surface area (Å²) in [5, 5.41) is 4.14. The van der Waals surface area contributed by atoms with Crippen LogP contribution in [0.1, 0.15) is 11.6 Å². The Balaban J connectivity index is 1.97. The van der Waals surface area contributed by atoms with Crippen molar-refractivity contribution in [3.63, 3.8) is 0 Å². The zero-order valence-electron chi connectivity index (χ0n) is 10.3. The molecule has 3 heteroatoms. The minimum atomic E-state index is 0.367. The zero-order valence-corrected chi connectivity index (χ0v) is 11.8. The van der Waals surface area contributed by atoms with Crippen molar-refractivity contribution >= 4 is 23.4 Å². The van der Waals surface area contributed by atoms with Crippen LogP contribution in [0.5, 0.6) is 0 Å². The molecule has 2 aromatic rings. The first-order valence-electron chi connectivity index (χ1n) is 5.90. The highest BCUT2D eigenvalue weighted by molar-refractivity contribution is 7.99. The lowest BCUT2D eigenvalue weighted by Crippen LogP contribution is -2.18. The SMILES string of the molecule is CNC(CSc1ccc(Cl)cc1)c1ccccc1. The van der Waals surface area contributed by atoms with Crippen molar-refractivity contribution in [3.05, 3.63) is 65.2 Å². The van der Waals surface area contributed by atoms with E-state index >= 15 is 0 Å².